The van der Waals surface area contributed by atoms with E-state index in [4.69, 9.17) is 29.3 Å². The third kappa shape index (κ3) is 6.17. The molecular weight excluding hydrogens is 384 g/mol. The van der Waals surface area contributed by atoms with Crippen molar-refractivity contribution in [3.8, 4) is 0 Å². The van der Waals surface area contributed by atoms with Gasteiger partial charge in [-0.25, -0.2) is 0 Å². The van der Waals surface area contributed by atoms with E-state index in [9.17, 15) is 0 Å². The largest absolute Gasteiger partial charge is 0.234 e. The first kappa shape index (κ1) is 22.9. The van der Waals surface area contributed by atoms with Crippen molar-refractivity contribution in [2.24, 2.45) is 0 Å². The molecule has 0 amide bonds. The molecule has 3 spiro atoms. The monoisotopic (exact) mass is 426 g/mol. The van der Waals surface area contributed by atoms with E-state index >= 15 is 0 Å². The van der Waals surface area contributed by atoms with Crippen LogP contribution in [0.15, 0.2) is 0 Å². The molecule has 0 radical (unpaired) electrons. The second kappa shape index (κ2) is 11.1. The zero-order valence-electron chi connectivity index (χ0n) is 18.8. The summed E-state index contributed by atoms with van der Waals surface area (Å²) in [5.74, 6) is -2.59. The van der Waals surface area contributed by atoms with Gasteiger partial charge in [-0.2, -0.15) is 29.3 Å². The van der Waals surface area contributed by atoms with E-state index in [0.717, 1.165) is 77.0 Å². The van der Waals surface area contributed by atoms with Gasteiger partial charge < -0.3 is 0 Å². The van der Waals surface area contributed by atoms with Crippen LogP contribution in [-0.2, 0) is 29.3 Å². The predicted molar refractivity (Wildman–Crippen MR) is 112 cm³/mol. The van der Waals surface area contributed by atoms with E-state index < -0.39 is 17.4 Å². The van der Waals surface area contributed by atoms with E-state index in [1.165, 1.54) is 57.8 Å². The first-order chi connectivity index (χ1) is 14.7. The molecule has 0 atom stereocenters. The Bertz CT molecular complexity index is 454. The van der Waals surface area contributed by atoms with Gasteiger partial charge in [0, 0.05) is 38.5 Å². The van der Waals surface area contributed by atoms with Crippen LogP contribution in [0.3, 0.4) is 0 Å². The van der Waals surface area contributed by atoms with Crippen LogP contribution < -0.4 is 0 Å². The van der Waals surface area contributed by atoms with Crippen LogP contribution in [0.2, 0.25) is 0 Å². The van der Waals surface area contributed by atoms with Gasteiger partial charge in [0.15, 0.2) is 0 Å². The summed E-state index contributed by atoms with van der Waals surface area (Å²) in [6.45, 7) is 0. The summed E-state index contributed by atoms with van der Waals surface area (Å²) < 4.78 is 0. The van der Waals surface area contributed by atoms with Gasteiger partial charge in [0.1, 0.15) is 0 Å². The molecule has 4 aliphatic rings. The van der Waals surface area contributed by atoms with Gasteiger partial charge in [-0.3, -0.25) is 0 Å². The number of rotatable bonds is 0. The third-order valence-corrected chi connectivity index (χ3v) is 7.38. The second-order valence-electron chi connectivity index (χ2n) is 10.0. The quantitative estimate of drug-likeness (QED) is 0.383. The van der Waals surface area contributed by atoms with Gasteiger partial charge in [-0.1, -0.05) is 57.8 Å². The van der Waals surface area contributed by atoms with Crippen molar-refractivity contribution >= 4 is 0 Å². The van der Waals surface area contributed by atoms with Crippen LogP contribution in [0.5, 0.6) is 0 Å². The Balaban J connectivity index is 1.53. The molecule has 6 heteroatoms. The van der Waals surface area contributed by atoms with Crippen molar-refractivity contribution in [3.05, 3.63) is 0 Å². The fourth-order valence-electron chi connectivity index (χ4n) is 5.33. The molecule has 1 saturated heterocycles. The molecule has 1 heterocycles. The molecule has 0 bridgehead atoms. The lowest BCUT2D eigenvalue weighted by molar-refractivity contribution is -0.555. The minimum Gasteiger partial charge on any atom is -0.195 e. The Hall–Kier alpha value is -0.240. The van der Waals surface area contributed by atoms with Gasteiger partial charge in [0.05, 0.1) is 0 Å². The maximum Gasteiger partial charge on any atom is 0.234 e. The third-order valence-electron chi connectivity index (χ3n) is 7.38. The molecule has 0 N–H and O–H groups in total. The summed E-state index contributed by atoms with van der Waals surface area (Å²) in [6, 6.07) is 0. The standard InChI is InChI=1S/C24H42O6/c1-2-4-6-10-16-22(17-11-7-5-3-1)25-27-23(18-12-8-13-19-23)29-30-24(28-26-22)20-14-9-15-21-24/h1-21H2. The van der Waals surface area contributed by atoms with Crippen molar-refractivity contribution in [1.29, 1.82) is 0 Å². The van der Waals surface area contributed by atoms with Crippen molar-refractivity contribution in [2.75, 3.05) is 0 Å². The molecule has 4 fully saturated rings. The van der Waals surface area contributed by atoms with Gasteiger partial charge in [-0.15, -0.1) is 0 Å². The first-order valence-electron chi connectivity index (χ1n) is 12.8. The van der Waals surface area contributed by atoms with E-state index in [0.29, 0.717) is 0 Å². The van der Waals surface area contributed by atoms with E-state index in [2.05, 4.69) is 0 Å². The molecule has 174 valence electrons. The molecule has 0 unspecified atom stereocenters. The first-order valence-corrected chi connectivity index (χ1v) is 12.8. The van der Waals surface area contributed by atoms with Crippen LogP contribution in [0.25, 0.3) is 0 Å². The van der Waals surface area contributed by atoms with E-state index in [1.54, 1.807) is 0 Å². The van der Waals surface area contributed by atoms with Crippen molar-refractivity contribution in [2.45, 2.75) is 152 Å². The molecule has 1 aliphatic heterocycles. The molecule has 0 aromatic carbocycles. The van der Waals surface area contributed by atoms with E-state index in [1.807, 2.05) is 0 Å². The fraction of sp³-hybridized carbons (Fsp3) is 1.00. The molecule has 3 saturated carbocycles. The zero-order valence-corrected chi connectivity index (χ0v) is 18.8. The highest BCUT2D eigenvalue weighted by molar-refractivity contribution is 4.78. The highest BCUT2D eigenvalue weighted by atomic mass is 17.4. The molecule has 6 nitrogen and oxygen atoms in total. The smallest absolute Gasteiger partial charge is 0.195 e. The average molecular weight is 427 g/mol. The molecule has 30 heavy (non-hydrogen) atoms. The van der Waals surface area contributed by atoms with Crippen molar-refractivity contribution in [3.63, 3.8) is 0 Å². The van der Waals surface area contributed by atoms with Crippen LogP contribution >= 0.6 is 0 Å². The van der Waals surface area contributed by atoms with E-state index in [-0.39, 0.29) is 0 Å². The molecule has 0 aromatic rings. The van der Waals surface area contributed by atoms with Crippen molar-refractivity contribution < 1.29 is 29.3 Å². The Kier molecular flexibility index (Phi) is 8.46. The lowest BCUT2D eigenvalue weighted by atomic mass is 9.94. The lowest BCUT2D eigenvalue weighted by Crippen LogP contribution is -2.44. The molecule has 3 aliphatic carbocycles. The SMILES string of the molecule is C1CCCCCC2(CCCCC1)OOC1(CCCCC1)OOC1(CCCCC1)OO2. The topological polar surface area (TPSA) is 55.4 Å². The van der Waals surface area contributed by atoms with Crippen LogP contribution in [-0.4, -0.2) is 17.4 Å². The Morgan fingerprint density at radius 1 is 0.233 bits per heavy atom. The summed E-state index contributed by atoms with van der Waals surface area (Å²) >= 11 is 0. The van der Waals surface area contributed by atoms with Gasteiger partial charge in [-0.05, 0) is 38.5 Å². The predicted octanol–water partition coefficient (Wildman–Crippen LogP) is 7.17. The zero-order chi connectivity index (χ0) is 20.6. The number of hydrogen-bond donors (Lipinski definition) is 0. The normalized spacial score (nSPS) is 31.2. The highest BCUT2D eigenvalue weighted by Crippen LogP contribution is 2.43. The van der Waals surface area contributed by atoms with Gasteiger partial charge >= 0.3 is 0 Å². The summed E-state index contributed by atoms with van der Waals surface area (Å²) in [4.78, 5) is 36.5. The van der Waals surface area contributed by atoms with Crippen LogP contribution in [0.1, 0.15) is 135 Å². The van der Waals surface area contributed by atoms with Crippen LogP contribution in [0.4, 0.5) is 0 Å². The summed E-state index contributed by atoms with van der Waals surface area (Å²) in [6.07, 6.45) is 22.3. The maximum absolute atomic E-state index is 6.17. The van der Waals surface area contributed by atoms with Gasteiger partial charge in [0.25, 0.3) is 0 Å². The summed E-state index contributed by atoms with van der Waals surface area (Å²) in [5.41, 5.74) is 0. The van der Waals surface area contributed by atoms with Crippen molar-refractivity contribution in [1.82, 2.24) is 0 Å². The minimum atomic E-state index is -0.884. The second-order valence-corrected chi connectivity index (χ2v) is 10.0. The Morgan fingerprint density at radius 3 is 0.633 bits per heavy atom. The fourth-order valence-corrected chi connectivity index (χ4v) is 5.33. The molecular formula is C24H42O6. The highest BCUT2D eigenvalue weighted by Gasteiger charge is 2.49. The Labute approximate surface area is 182 Å². The average Bonchev–Trinajstić information content (AvgIpc) is 2.83. The lowest BCUT2D eigenvalue weighted by Gasteiger charge is -2.37. The Morgan fingerprint density at radius 2 is 0.400 bits per heavy atom. The molecule has 0 aromatic heterocycles. The minimum absolute atomic E-state index is 0.777. The molecule has 4 rings (SSSR count). The van der Waals surface area contributed by atoms with Gasteiger partial charge in [0.2, 0.25) is 17.4 Å². The van der Waals surface area contributed by atoms with Crippen LogP contribution in [0, 0.1) is 0 Å². The maximum atomic E-state index is 6.17. The number of hydrogen-bond acceptors (Lipinski definition) is 6. The summed E-state index contributed by atoms with van der Waals surface area (Å²) in [5, 5.41) is 0. The summed E-state index contributed by atoms with van der Waals surface area (Å²) in [7, 11) is 0.